The first-order valence-corrected chi connectivity index (χ1v) is 5.02. The number of aryl methyl sites for hydroxylation is 1. The maximum Gasteiger partial charge on any atom is 0.237 e. The summed E-state index contributed by atoms with van der Waals surface area (Å²) in [5, 5.41) is 1.36. The van der Waals surface area contributed by atoms with E-state index in [1.54, 1.807) is 0 Å². The van der Waals surface area contributed by atoms with Gasteiger partial charge in [-0.1, -0.05) is 11.8 Å². The van der Waals surface area contributed by atoms with Crippen LogP contribution in [0.25, 0.3) is 0 Å². The van der Waals surface area contributed by atoms with E-state index in [4.69, 9.17) is 0 Å². The topological polar surface area (TPSA) is 20.8 Å². The van der Waals surface area contributed by atoms with Gasteiger partial charge >= 0.3 is 0 Å². The summed E-state index contributed by atoms with van der Waals surface area (Å²) in [6.07, 6.45) is 3.84. The smallest absolute Gasteiger partial charge is 0.236 e. The van der Waals surface area contributed by atoms with Crippen molar-refractivity contribution in [1.82, 2.24) is 9.66 Å². The van der Waals surface area contributed by atoms with Crippen LogP contribution < -0.4 is 0 Å². The zero-order chi connectivity index (χ0) is 8.55. The highest BCUT2D eigenvalue weighted by molar-refractivity contribution is 8.13. The van der Waals surface area contributed by atoms with E-state index in [2.05, 4.69) is 21.3 Å². The molecule has 1 aliphatic heterocycles. The summed E-state index contributed by atoms with van der Waals surface area (Å²) in [6, 6.07) is 0. The molecule has 4 heteroatoms. The third-order valence-corrected chi connectivity index (χ3v) is 3.05. The molecule has 1 aromatic rings. The predicted octanol–water partition coefficient (Wildman–Crippen LogP) is 1.13. The number of hydrogen-bond donors (Lipinski definition) is 0. The molecule has 0 aliphatic carbocycles. The fourth-order valence-corrected chi connectivity index (χ4v) is 2.29. The van der Waals surface area contributed by atoms with Crippen LogP contribution in [0.5, 0.6) is 0 Å². The van der Waals surface area contributed by atoms with Crippen LogP contribution >= 0.6 is 11.8 Å². The monoisotopic (exact) mass is 182 g/mol. The van der Waals surface area contributed by atoms with Crippen molar-refractivity contribution in [1.29, 1.82) is 0 Å². The lowest BCUT2D eigenvalue weighted by Crippen LogP contribution is -2.21. The highest BCUT2D eigenvalue weighted by Crippen LogP contribution is 2.12. The van der Waals surface area contributed by atoms with Gasteiger partial charge < -0.3 is 0 Å². The number of hydrogen-bond acceptors (Lipinski definition) is 2. The van der Waals surface area contributed by atoms with Crippen LogP contribution in [0.2, 0.25) is 0 Å². The summed E-state index contributed by atoms with van der Waals surface area (Å²) in [6.45, 7) is 5.26. The average Bonchev–Trinajstić information content (AvgIpc) is 2.59. The summed E-state index contributed by atoms with van der Waals surface area (Å²) in [5.74, 6) is 2.24. The van der Waals surface area contributed by atoms with Crippen molar-refractivity contribution in [3.05, 3.63) is 18.2 Å². The number of imidazole rings is 1. The highest BCUT2D eigenvalue weighted by Gasteiger charge is 2.21. The average molecular weight is 182 g/mol. The first kappa shape index (κ1) is 7.86. The molecule has 3 nitrogen and oxygen atoms in total. The quantitative estimate of drug-likeness (QED) is 0.607. The van der Waals surface area contributed by atoms with Crippen molar-refractivity contribution in [2.75, 3.05) is 12.3 Å². The lowest BCUT2D eigenvalue weighted by atomic mass is 10.7. The molecule has 12 heavy (non-hydrogen) atoms. The van der Waals surface area contributed by atoms with Crippen LogP contribution in [0.4, 0.5) is 0 Å². The van der Waals surface area contributed by atoms with Gasteiger partial charge in [-0.05, 0) is 6.92 Å². The SMILES string of the molecule is CC1=[N+](n2ccnc2C)CCS1. The third-order valence-electron chi connectivity index (χ3n) is 2.04. The second-order valence-corrected chi connectivity index (χ2v) is 4.10. The van der Waals surface area contributed by atoms with Crippen LogP contribution in [-0.2, 0) is 0 Å². The lowest BCUT2D eigenvalue weighted by Gasteiger charge is -1.98. The number of thioether (sulfide) groups is 1. The molecular weight excluding hydrogens is 170 g/mol. The fourth-order valence-electron chi connectivity index (χ4n) is 1.40. The van der Waals surface area contributed by atoms with Crippen molar-refractivity contribution in [3.63, 3.8) is 0 Å². The molecule has 0 atom stereocenters. The highest BCUT2D eigenvalue weighted by atomic mass is 32.2. The van der Waals surface area contributed by atoms with Crippen LogP contribution in [0, 0.1) is 6.92 Å². The van der Waals surface area contributed by atoms with Crippen molar-refractivity contribution in [2.24, 2.45) is 0 Å². The van der Waals surface area contributed by atoms with Gasteiger partial charge in [0.2, 0.25) is 5.04 Å². The lowest BCUT2D eigenvalue weighted by molar-refractivity contribution is -0.578. The second kappa shape index (κ2) is 2.94. The molecule has 64 valence electrons. The van der Waals surface area contributed by atoms with Crippen LogP contribution in [-0.4, -0.2) is 31.7 Å². The molecule has 1 aliphatic rings. The van der Waals surface area contributed by atoms with Crippen molar-refractivity contribution < 1.29 is 4.68 Å². The van der Waals surface area contributed by atoms with E-state index in [0.29, 0.717) is 0 Å². The van der Waals surface area contributed by atoms with E-state index in [1.807, 2.05) is 31.1 Å². The number of rotatable bonds is 1. The Balaban J connectivity index is 2.43. The van der Waals surface area contributed by atoms with Crippen LogP contribution in [0.1, 0.15) is 12.7 Å². The molecule has 0 N–H and O–H groups in total. The maximum atomic E-state index is 4.19. The summed E-state index contributed by atoms with van der Waals surface area (Å²) in [5.41, 5.74) is 0. The van der Waals surface area contributed by atoms with Crippen molar-refractivity contribution in [2.45, 2.75) is 13.8 Å². The molecule has 0 saturated carbocycles. The molecule has 0 fully saturated rings. The fraction of sp³-hybridized carbons (Fsp3) is 0.500. The second-order valence-electron chi connectivity index (χ2n) is 2.81. The van der Waals surface area contributed by atoms with E-state index >= 15 is 0 Å². The molecule has 2 heterocycles. The van der Waals surface area contributed by atoms with E-state index in [-0.39, 0.29) is 0 Å². The zero-order valence-electron chi connectivity index (χ0n) is 7.32. The first-order chi connectivity index (χ1) is 5.79. The van der Waals surface area contributed by atoms with Gasteiger partial charge in [0.1, 0.15) is 0 Å². The third kappa shape index (κ3) is 1.16. The van der Waals surface area contributed by atoms with Crippen molar-refractivity contribution in [3.8, 4) is 0 Å². The minimum absolute atomic E-state index is 1.05. The van der Waals surface area contributed by atoms with Gasteiger partial charge in [-0.2, -0.15) is 0 Å². The first-order valence-electron chi connectivity index (χ1n) is 4.03. The van der Waals surface area contributed by atoms with Gasteiger partial charge in [0, 0.05) is 6.92 Å². The number of nitrogens with zero attached hydrogens (tertiary/aromatic N) is 3. The van der Waals surface area contributed by atoms with Gasteiger partial charge in [-0.15, -0.1) is 9.36 Å². The summed E-state index contributed by atoms with van der Waals surface area (Å²) in [4.78, 5) is 4.19. The molecule has 0 radical (unpaired) electrons. The maximum absolute atomic E-state index is 4.19. The van der Waals surface area contributed by atoms with Gasteiger partial charge in [0.15, 0.2) is 12.4 Å². The van der Waals surface area contributed by atoms with Crippen LogP contribution in [0.3, 0.4) is 0 Å². The minimum Gasteiger partial charge on any atom is -0.236 e. The Morgan fingerprint density at radius 3 is 2.92 bits per heavy atom. The summed E-state index contributed by atoms with van der Waals surface area (Å²) < 4.78 is 4.36. The van der Waals surface area contributed by atoms with Crippen molar-refractivity contribution >= 4 is 16.8 Å². The molecular formula is C8H12N3S+. The minimum atomic E-state index is 1.05. The van der Waals surface area contributed by atoms with E-state index in [1.165, 1.54) is 10.8 Å². The Morgan fingerprint density at radius 1 is 1.58 bits per heavy atom. The molecule has 0 spiro atoms. The predicted molar refractivity (Wildman–Crippen MR) is 50.6 cm³/mol. The molecule has 0 amide bonds. The standard InChI is InChI=1S/C8H12N3S/c1-7-9-3-4-10(7)11-5-6-12-8(11)2/h3-4H,5-6H2,1-2H3/q+1. The van der Waals surface area contributed by atoms with Gasteiger partial charge in [-0.3, -0.25) is 0 Å². The normalized spacial score (nSPS) is 17.5. The zero-order valence-corrected chi connectivity index (χ0v) is 8.14. The molecule has 0 unspecified atom stereocenters. The Bertz CT molecular complexity index is 327. The Morgan fingerprint density at radius 2 is 2.42 bits per heavy atom. The van der Waals surface area contributed by atoms with Gasteiger partial charge in [0.05, 0.1) is 18.1 Å². The van der Waals surface area contributed by atoms with Crippen LogP contribution in [0.15, 0.2) is 12.4 Å². The molecule has 0 aromatic carbocycles. The van der Waals surface area contributed by atoms with E-state index in [0.717, 1.165) is 12.4 Å². The molecule has 1 aromatic heterocycles. The molecule has 0 bridgehead atoms. The summed E-state index contributed by atoms with van der Waals surface area (Å²) >= 11 is 1.91. The molecule has 0 saturated heterocycles. The van der Waals surface area contributed by atoms with E-state index < -0.39 is 0 Å². The largest absolute Gasteiger partial charge is 0.237 e. The van der Waals surface area contributed by atoms with E-state index in [9.17, 15) is 0 Å². The summed E-state index contributed by atoms with van der Waals surface area (Å²) in [7, 11) is 0. The Kier molecular flexibility index (Phi) is 1.92. The Labute approximate surface area is 76.1 Å². The van der Waals surface area contributed by atoms with Gasteiger partial charge in [-0.25, -0.2) is 4.98 Å². The Hall–Kier alpha value is -0.770. The van der Waals surface area contributed by atoms with Gasteiger partial charge in [0.25, 0.3) is 0 Å². The number of aromatic nitrogens is 2. The molecule has 2 rings (SSSR count).